The Labute approximate surface area is 139 Å². The largest absolute Gasteiger partial charge is 0.478 e. The van der Waals surface area contributed by atoms with E-state index < -0.39 is 5.60 Å². The van der Waals surface area contributed by atoms with Gasteiger partial charge in [-0.1, -0.05) is 15.9 Å². The maximum Gasteiger partial charge on any atom is 0.408 e. The van der Waals surface area contributed by atoms with Gasteiger partial charge in [-0.3, -0.25) is 0 Å². The number of pyridine rings is 1. The molecule has 22 heavy (non-hydrogen) atoms. The summed E-state index contributed by atoms with van der Waals surface area (Å²) >= 11 is 3.38. The number of halogens is 1. The first-order valence-electron chi connectivity index (χ1n) is 7.54. The smallest absolute Gasteiger partial charge is 0.408 e. The van der Waals surface area contributed by atoms with Gasteiger partial charge in [0.05, 0.1) is 6.61 Å². The second kappa shape index (κ2) is 6.86. The van der Waals surface area contributed by atoms with Crippen molar-refractivity contribution in [2.24, 2.45) is 0 Å². The second-order valence-corrected chi connectivity index (χ2v) is 7.59. The summed E-state index contributed by atoms with van der Waals surface area (Å²) in [7, 11) is 0. The van der Waals surface area contributed by atoms with Crippen LogP contribution in [0.1, 0.15) is 46.5 Å². The predicted molar refractivity (Wildman–Crippen MR) is 88.0 cm³/mol. The van der Waals surface area contributed by atoms with Crippen molar-refractivity contribution in [3.63, 3.8) is 0 Å². The quantitative estimate of drug-likeness (QED) is 0.766. The van der Waals surface area contributed by atoms with Crippen molar-refractivity contribution in [2.75, 3.05) is 6.61 Å². The number of alkyl carbamates (subject to hydrolysis) is 1. The van der Waals surface area contributed by atoms with E-state index in [-0.39, 0.29) is 11.6 Å². The molecule has 1 N–H and O–H groups in total. The number of carbonyl (C=O) groups is 1. The zero-order valence-corrected chi connectivity index (χ0v) is 14.9. The summed E-state index contributed by atoms with van der Waals surface area (Å²) in [5.41, 5.74) is -0.563. The van der Waals surface area contributed by atoms with Crippen molar-refractivity contribution >= 4 is 22.0 Å². The molecule has 1 heterocycles. The van der Waals surface area contributed by atoms with Crippen LogP contribution in [0.5, 0.6) is 5.88 Å². The average Bonchev–Trinajstić information content (AvgIpc) is 3.12. The molecule has 5 nitrogen and oxygen atoms in total. The van der Waals surface area contributed by atoms with Crippen molar-refractivity contribution in [2.45, 2.75) is 57.6 Å². The van der Waals surface area contributed by atoms with Gasteiger partial charge in [0.2, 0.25) is 5.88 Å². The van der Waals surface area contributed by atoms with E-state index in [2.05, 4.69) is 26.2 Å². The van der Waals surface area contributed by atoms with Gasteiger partial charge in [-0.2, -0.15) is 0 Å². The van der Waals surface area contributed by atoms with Crippen LogP contribution in [0.4, 0.5) is 4.79 Å². The Morgan fingerprint density at radius 1 is 1.45 bits per heavy atom. The monoisotopic (exact) mass is 370 g/mol. The molecule has 1 amide bonds. The van der Waals surface area contributed by atoms with Crippen molar-refractivity contribution in [3.05, 3.63) is 22.8 Å². The SMILES string of the molecule is CC(C)(C)OC(=O)NC1(CCCOc2cc(Br)ccn2)CC1. The first kappa shape index (κ1) is 17.1. The van der Waals surface area contributed by atoms with E-state index in [4.69, 9.17) is 9.47 Å². The Bertz CT molecular complexity index is 524. The molecule has 1 saturated carbocycles. The molecule has 6 heteroatoms. The van der Waals surface area contributed by atoms with Gasteiger partial charge in [-0.15, -0.1) is 0 Å². The van der Waals surface area contributed by atoms with E-state index in [1.165, 1.54) is 0 Å². The highest BCUT2D eigenvalue weighted by Gasteiger charge is 2.44. The third kappa shape index (κ3) is 5.83. The first-order chi connectivity index (χ1) is 10.3. The first-order valence-corrected chi connectivity index (χ1v) is 8.33. The van der Waals surface area contributed by atoms with Crippen LogP contribution in [0.15, 0.2) is 22.8 Å². The number of hydrogen-bond donors (Lipinski definition) is 1. The van der Waals surface area contributed by atoms with Gasteiger partial charge < -0.3 is 14.8 Å². The molecule has 0 spiro atoms. The molecule has 122 valence electrons. The van der Waals surface area contributed by atoms with Crippen molar-refractivity contribution in [1.29, 1.82) is 0 Å². The lowest BCUT2D eigenvalue weighted by atomic mass is 10.1. The van der Waals surface area contributed by atoms with Gasteiger partial charge in [0, 0.05) is 22.3 Å². The normalized spacial score (nSPS) is 16.0. The Kier molecular flexibility index (Phi) is 5.32. The van der Waals surface area contributed by atoms with Crippen LogP contribution in [-0.2, 0) is 4.74 Å². The highest BCUT2D eigenvalue weighted by molar-refractivity contribution is 9.10. The number of rotatable bonds is 6. The highest BCUT2D eigenvalue weighted by Crippen LogP contribution is 2.39. The highest BCUT2D eigenvalue weighted by atomic mass is 79.9. The summed E-state index contributed by atoms with van der Waals surface area (Å²) in [4.78, 5) is 16.0. The fourth-order valence-electron chi connectivity index (χ4n) is 2.16. The molecular formula is C16H23BrN2O3. The number of ether oxygens (including phenoxy) is 2. The van der Waals surface area contributed by atoms with Crippen LogP contribution in [0.2, 0.25) is 0 Å². The van der Waals surface area contributed by atoms with Crippen LogP contribution in [0, 0.1) is 0 Å². The molecule has 0 atom stereocenters. The van der Waals surface area contributed by atoms with Crippen molar-refractivity contribution < 1.29 is 14.3 Å². The van der Waals surface area contributed by atoms with Gasteiger partial charge >= 0.3 is 6.09 Å². The lowest BCUT2D eigenvalue weighted by molar-refractivity contribution is 0.0491. The molecule has 1 aromatic heterocycles. The van der Waals surface area contributed by atoms with E-state index in [1.54, 1.807) is 6.20 Å². The minimum atomic E-state index is -0.463. The van der Waals surface area contributed by atoms with Gasteiger partial charge in [0.1, 0.15) is 5.60 Å². The minimum Gasteiger partial charge on any atom is -0.478 e. The molecule has 1 fully saturated rings. The molecule has 0 radical (unpaired) electrons. The van der Waals surface area contributed by atoms with E-state index in [0.717, 1.165) is 30.2 Å². The van der Waals surface area contributed by atoms with Gasteiger partial charge in [-0.25, -0.2) is 9.78 Å². The second-order valence-electron chi connectivity index (χ2n) is 6.67. The van der Waals surface area contributed by atoms with E-state index in [0.29, 0.717) is 12.5 Å². The molecule has 0 aliphatic heterocycles. The number of hydrogen-bond acceptors (Lipinski definition) is 4. The number of nitrogens with one attached hydrogen (secondary N) is 1. The maximum atomic E-state index is 11.8. The topological polar surface area (TPSA) is 60.5 Å². The molecule has 1 aliphatic rings. The van der Waals surface area contributed by atoms with Gasteiger partial charge in [0.15, 0.2) is 0 Å². The third-order valence-corrected chi connectivity index (χ3v) is 3.86. The number of amides is 1. The third-order valence-electron chi connectivity index (χ3n) is 3.37. The summed E-state index contributed by atoms with van der Waals surface area (Å²) in [5, 5.41) is 2.99. The van der Waals surface area contributed by atoms with E-state index in [1.807, 2.05) is 32.9 Å². The molecule has 1 aliphatic carbocycles. The van der Waals surface area contributed by atoms with E-state index >= 15 is 0 Å². The molecular weight excluding hydrogens is 348 g/mol. The van der Waals surface area contributed by atoms with Crippen LogP contribution in [0.3, 0.4) is 0 Å². The molecule has 0 bridgehead atoms. The summed E-state index contributed by atoms with van der Waals surface area (Å²) in [6, 6.07) is 3.70. The Morgan fingerprint density at radius 3 is 2.77 bits per heavy atom. The van der Waals surface area contributed by atoms with Crippen molar-refractivity contribution in [1.82, 2.24) is 10.3 Å². The molecule has 0 unspecified atom stereocenters. The summed E-state index contributed by atoms with van der Waals surface area (Å²) < 4.78 is 11.9. The molecule has 0 saturated heterocycles. The van der Waals surface area contributed by atoms with Gasteiger partial charge in [-0.05, 0) is 52.5 Å². The van der Waals surface area contributed by atoms with Crippen LogP contribution < -0.4 is 10.1 Å². The standard InChI is InChI=1S/C16H23BrN2O3/c1-15(2,3)22-14(20)19-16(7-8-16)6-4-10-21-13-11-12(17)5-9-18-13/h5,9,11H,4,6-8,10H2,1-3H3,(H,19,20). The Morgan fingerprint density at radius 2 is 2.18 bits per heavy atom. The lowest BCUT2D eigenvalue weighted by Gasteiger charge is -2.23. The summed E-state index contributed by atoms with van der Waals surface area (Å²) in [6.45, 7) is 6.18. The maximum absolute atomic E-state index is 11.8. The summed E-state index contributed by atoms with van der Waals surface area (Å²) in [6.07, 6.45) is 5.12. The number of aromatic nitrogens is 1. The molecule has 1 aromatic rings. The lowest BCUT2D eigenvalue weighted by Crippen LogP contribution is -2.40. The van der Waals surface area contributed by atoms with Crippen LogP contribution >= 0.6 is 15.9 Å². The van der Waals surface area contributed by atoms with Crippen LogP contribution in [-0.4, -0.2) is 28.8 Å². The average molecular weight is 371 g/mol. The van der Waals surface area contributed by atoms with E-state index in [9.17, 15) is 4.79 Å². The minimum absolute atomic E-state index is 0.101. The Hall–Kier alpha value is -1.30. The number of carbonyl (C=O) groups excluding carboxylic acids is 1. The number of nitrogens with zero attached hydrogens (tertiary/aromatic N) is 1. The predicted octanol–water partition coefficient (Wildman–Crippen LogP) is 4.06. The molecule has 2 rings (SSSR count). The Balaban J connectivity index is 1.69. The fourth-order valence-corrected chi connectivity index (χ4v) is 2.47. The van der Waals surface area contributed by atoms with Crippen LogP contribution in [0.25, 0.3) is 0 Å². The summed E-state index contributed by atoms with van der Waals surface area (Å²) in [5.74, 6) is 0.610. The fraction of sp³-hybridized carbons (Fsp3) is 0.625. The van der Waals surface area contributed by atoms with Gasteiger partial charge in [0.25, 0.3) is 0 Å². The zero-order valence-electron chi connectivity index (χ0n) is 13.3. The molecule has 0 aromatic carbocycles. The van der Waals surface area contributed by atoms with Crippen molar-refractivity contribution in [3.8, 4) is 5.88 Å². The zero-order chi connectivity index (χ0) is 16.2.